The van der Waals surface area contributed by atoms with Gasteiger partial charge in [0.05, 0.1) is 17.0 Å². The lowest BCUT2D eigenvalue weighted by atomic mass is 9.72. The Morgan fingerprint density at radius 3 is 3.18 bits per heavy atom. The first-order valence-corrected chi connectivity index (χ1v) is 6.78. The standard InChI is InChI=1S/C12H16N2O2S/c1-6-3-5-17-11(6)12(15)14-9-8(13)7-2-4-16-10(7)9/h3,5,7-10H,2,4,13H2,1H3,(H,14,15). The summed E-state index contributed by atoms with van der Waals surface area (Å²) in [5.74, 6) is 0.414. The number of nitrogens with one attached hydrogen (secondary N) is 1. The maximum Gasteiger partial charge on any atom is 0.261 e. The molecule has 1 aromatic rings. The molecular formula is C12H16N2O2S. The average molecular weight is 252 g/mol. The monoisotopic (exact) mass is 252 g/mol. The van der Waals surface area contributed by atoms with E-state index in [1.807, 2.05) is 18.4 Å². The van der Waals surface area contributed by atoms with Crippen molar-refractivity contribution in [3.05, 3.63) is 21.9 Å². The summed E-state index contributed by atoms with van der Waals surface area (Å²) in [6.45, 7) is 2.72. The van der Waals surface area contributed by atoms with Crippen molar-refractivity contribution in [2.24, 2.45) is 11.7 Å². The van der Waals surface area contributed by atoms with Gasteiger partial charge in [0.25, 0.3) is 5.91 Å². The van der Waals surface area contributed by atoms with Crippen LogP contribution in [0.3, 0.4) is 0 Å². The summed E-state index contributed by atoms with van der Waals surface area (Å²) in [5.41, 5.74) is 7.07. The van der Waals surface area contributed by atoms with Crippen molar-refractivity contribution in [3.63, 3.8) is 0 Å². The fraction of sp³-hybridized carbons (Fsp3) is 0.583. The van der Waals surface area contributed by atoms with Crippen LogP contribution in [0, 0.1) is 12.8 Å². The summed E-state index contributed by atoms with van der Waals surface area (Å²) in [6, 6.07) is 1.98. The van der Waals surface area contributed by atoms with Gasteiger partial charge in [0.15, 0.2) is 0 Å². The van der Waals surface area contributed by atoms with Crippen molar-refractivity contribution < 1.29 is 9.53 Å². The van der Waals surface area contributed by atoms with Crippen molar-refractivity contribution in [3.8, 4) is 0 Å². The van der Waals surface area contributed by atoms with E-state index in [0.717, 1.165) is 23.5 Å². The van der Waals surface area contributed by atoms with Crippen LogP contribution in [0.5, 0.6) is 0 Å². The molecule has 2 heterocycles. The highest BCUT2D eigenvalue weighted by Crippen LogP contribution is 2.37. The first-order valence-electron chi connectivity index (χ1n) is 5.90. The highest BCUT2D eigenvalue weighted by molar-refractivity contribution is 7.12. The molecule has 3 N–H and O–H groups in total. The molecule has 0 aromatic carbocycles. The number of fused-ring (bicyclic) bond motifs is 1. The van der Waals surface area contributed by atoms with Crippen LogP contribution in [-0.2, 0) is 4.74 Å². The summed E-state index contributed by atoms with van der Waals surface area (Å²) >= 11 is 1.47. The van der Waals surface area contributed by atoms with Crippen LogP contribution in [0.15, 0.2) is 11.4 Å². The van der Waals surface area contributed by atoms with Gasteiger partial charge in [-0.25, -0.2) is 0 Å². The molecule has 2 fully saturated rings. The normalized spacial score (nSPS) is 35.2. The number of rotatable bonds is 2. The minimum Gasteiger partial charge on any atom is -0.376 e. The quantitative estimate of drug-likeness (QED) is 0.822. The molecule has 1 amide bonds. The van der Waals surface area contributed by atoms with E-state index in [2.05, 4.69) is 5.32 Å². The smallest absolute Gasteiger partial charge is 0.261 e. The van der Waals surface area contributed by atoms with Crippen LogP contribution in [0.25, 0.3) is 0 Å². The van der Waals surface area contributed by atoms with Gasteiger partial charge in [0, 0.05) is 18.6 Å². The Balaban J connectivity index is 1.68. The van der Waals surface area contributed by atoms with E-state index in [-0.39, 0.29) is 24.1 Å². The topological polar surface area (TPSA) is 64.4 Å². The van der Waals surface area contributed by atoms with Crippen LogP contribution in [0.1, 0.15) is 21.7 Å². The van der Waals surface area contributed by atoms with Crippen LogP contribution in [0.4, 0.5) is 0 Å². The lowest BCUT2D eigenvalue weighted by Gasteiger charge is -2.45. The molecule has 0 spiro atoms. The van der Waals surface area contributed by atoms with Crippen molar-refractivity contribution in [1.82, 2.24) is 5.32 Å². The summed E-state index contributed by atoms with van der Waals surface area (Å²) < 4.78 is 5.59. The van der Waals surface area contributed by atoms with Crippen LogP contribution in [-0.4, -0.2) is 30.7 Å². The van der Waals surface area contributed by atoms with Crippen LogP contribution >= 0.6 is 11.3 Å². The van der Waals surface area contributed by atoms with E-state index in [1.54, 1.807) is 0 Å². The molecule has 2 aliphatic rings. The summed E-state index contributed by atoms with van der Waals surface area (Å²) in [7, 11) is 0. The van der Waals surface area contributed by atoms with Crippen molar-refractivity contribution in [2.75, 3.05) is 6.61 Å². The zero-order chi connectivity index (χ0) is 12.0. The first-order chi connectivity index (χ1) is 8.18. The molecule has 1 saturated heterocycles. The predicted molar refractivity (Wildman–Crippen MR) is 66.1 cm³/mol. The van der Waals surface area contributed by atoms with Gasteiger partial charge >= 0.3 is 0 Å². The Morgan fingerprint density at radius 2 is 2.47 bits per heavy atom. The third-order valence-corrected chi connectivity index (χ3v) is 4.83. The Bertz CT molecular complexity index is 445. The highest BCUT2D eigenvalue weighted by atomic mass is 32.1. The van der Waals surface area contributed by atoms with Gasteiger partial charge in [-0.05, 0) is 30.4 Å². The second-order valence-electron chi connectivity index (χ2n) is 4.80. The van der Waals surface area contributed by atoms with Gasteiger partial charge in [0.2, 0.25) is 0 Å². The number of amides is 1. The van der Waals surface area contributed by atoms with E-state index in [4.69, 9.17) is 10.5 Å². The van der Waals surface area contributed by atoms with Gasteiger partial charge in [-0.3, -0.25) is 4.79 Å². The number of hydrogen-bond acceptors (Lipinski definition) is 4. The molecular weight excluding hydrogens is 236 g/mol. The molecule has 5 heteroatoms. The molecule has 0 radical (unpaired) electrons. The number of aryl methyl sites for hydroxylation is 1. The van der Waals surface area contributed by atoms with Crippen molar-refractivity contribution in [2.45, 2.75) is 31.5 Å². The van der Waals surface area contributed by atoms with E-state index < -0.39 is 0 Å². The number of ether oxygens (including phenoxy) is 1. The molecule has 0 bridgehead atoms. The zero-order valence-corrected chi connectivity index (χ0v) is 10.5. The van der Waals surface area contributed by atoms with E-state index in [1.165, 1.54) is 11.3 Å². The Kier molecular flexibility index (Phi) is 2.69. The van der Waals surface area contributed by atoms with Crippen molar-refractivity contribution >= 4 is 17.2 Å². The highest BCUT2D eigenvalue weighted by Gasteiger charge is 2.52. The van der Waals surface area contributed by atoms with E-state index in [9.17, 15) is 4.79 Å². The van der Waals surface area contributed by atoms with Gasteiger partial charge in [-0.15, -0.1) is 11.3 Å². The largest absolute Gasteiger partial charge is 0.376 e. The number of thiophene rings is 1. The zero-order valence-electron chi connectivity index (χ0n) is 9.68. The molecule has 1 saturated carbocycles. The van der Waals surface area contributed by atoms with Gasteiger partial charge in [0.1, 0.15) is 0 Å². The number of nitrogens with two attached hydrogens (primary N) is 1. The first kappa shape index (κ1) is 11.2. The molecule has 1 aliphatic heterocycles. The SMILES string of the molecule is Cc1ccsc1C(=O)NC1C(N)C2CCOC21. The van der Waals surface area contributed by atoms with E-state index >= 15 is 0 Å². The molecule has 1 aliphatic carbocycles. The third kappa shape index (κ3) is 1.69. The van der Waals surface area contributed by atoms with Crippen LogP contribution < -0.4 is 11.1 Å². The molecule has 17 heavy (non-hydrogen) atoms. The fourth-order valence-electron chi connectivity index (χ4n) is 2.75. The average Bonchev–Trinajstić information content (AvgIpc) is 2.91. The predicted octanol–water partition coefficient (Wildman–Crippen LogP) is 0.901. The molecule has 92 valence electrons. The molecule has 4 nitrogen and oxygen atoms in total. The molecule has 1 aromatic heterocycles. The second kappa shape index (κ2) is 4.08. The number of carbonyl (C=O) groups excluding carboxylic acids is 1. The molecule has 4 atom stereocenters. The van der Waals surface area contributed by atoms with Gasteiger partial charge in [-0.2, -0.15) is 0 Å². The Hall–Kier alpha value is -0.910. The lowest BCUT2D eigenvalue weighted by Crippen LogP contribution is -2.68. The Labute approximate surface area is 104 Å². The summed E-state index contributed by atoms with van der Waals surface area (Å²) in [6.07, 6.45) is 1.16. The minimum atomic E-state index is -0.0214. The third-order valence-electron chi connectivity index (χ3n) is 3.81. The van der Waals surface area contributed by atoms with Gasteiger partial charge in [-0.1, -0.05) is 0 Å². The molecule has 3 rings (SSSR count). The Morgan fingerprint density at radius 1 is 1.65 bits per heavy atom. The van der Waals surface area contributed by atoms with E-state index in [0.29, 0.717) is 5.92 Å². The van der Waals surface area contributed by atoms with Gasteiger partial charge < -0.3 is 15.8 Å². The summed E-state index contributed by atoms with van der Waals surface area (Å²) in [5, 5.41) is 4.93. The number of hydrogen-bond donors (Lipinski definition) is 2. The maximum atomic E-state index is 12.1. The molecule has 4 unspecified atom stereocenters. The van der Waals surface area contributed by atoms with Crippen molar-refractivity contribution in [1.29, 1.82) is 0 Å². The fourth-order valence-corrected chi connectivity index (χ4v) is 3.58. The maximum absolute atomic E-state index is 12.1. The van der Waals surface area contributed by atoms with Crippen LogP contribution in [0.2, 0.25) is 0 Å². The number of carbonyl (C=O) groups is 1. The second-order valence-corrected chi connectivity index (χ2v) is 5.71. The lowest BCUT2D eigenvalue weighted by molar-refractivity contribution is -0.0160. The summed E-state index contributed by atoms with van der Waals surface area (Å²) in [4.78, 5) is 12.8. The minimum absolute atomic E-state index is 0.0171.